The number of ether oxygens (including phenoxy) is 1. The number of aromatic carboxylic acids is 1. The van der Waals surface area contributed by atoms with Crippen molar-refractivity contribution in [3.63, 3.8) is 0 Å². The first kappa shape index (κ1) is 21.2. The molecule has 0 saturated heterocycles. The molecule has 0 bridgehead atoms. The van der Waals surface area contributed by atoms with Gasteiger partial charge < -0.3 is 9.84 Å². The molecule has 5 rings (SSSR count). The lowest BCUT2D eigenvalue weighted by atomic mass is 9.98. The highest BCUT2D eigenvalue weighted by molar-refractivity contribution is 7.21. The molecule has 1 N–H and O–H groups in total. The average Bonchev–Trinajstić information content (AvgIpc) is 3.20. The molecule has 0 fully saturated rings. The number of thiophene rings is 1. The van der Waals surface area contributed by atoms with Crippen LogP contribution in [-0.4, -0.2) is 17.7 Å². The second kappa shape index (κ2) is 9.08. The van der Waals surface area contributed by atoms with Crippen LogP contribution < -0.4 is 4.74 Å². The van der Waals surface area contributed by atoms with Gasteiger partial charge in [0, 0.05) is 10.1 Å². The van der Waals surface area contributed by atoms with E-state index in [4.69, 9.17) is 4.74 Å². The third-order valence-corrected chi connectivity index (χ3v) is 7.20. The first-order valence-electron chi connectivity index (χ1n) is 11.1. The number of hydrogen-bond donors (Lipinski definition) is 1. The zero-order chi connectivity index (χ0) is 22.8. The summed E-state index contributed by atoms with van der Waals surface area (Å²) in [4.78, 5) is 12.4. The first-order chi connectivity index (χ1) is 16.1. The van der Waals surface area contributed by atoms with Gasteiger partial charge in [0.25, 0.3) is 0 Å². The van der Waals surface area contributed by atoms with Gasteiger partial charge in [0.2, 0.25) is 0 Å². The Hall–Kier alpha value is -3.63. The molecule has 164 valence electrons. The molecular formula is C29H24O3S. The van der Waals surface area contributed by atoms with Gasteiger partial charge in [0.15, 0.2) is 0 Å². The van der Waals surface area contributed by atoms with E-state index in [9.17, 15) is 9.90 Å². The summed E-state index contributed by atoms with van der Waals surface area (Å²) in [6, 6.07) is 28.8. The summed E-state index contributed by atoms with van der Waals surface area (Å²) in [7, 11) is 0. The molecule has 0 radical (unpaired) electrons. The zero-order valence-corrected chi connectivity index (χ0v) is 19.2. The summed E-state index contributed by atoms with van der Waals surface area (Å²) in [6.07, 6.45) is 1.41. The van der Waals surface area contributed by atoms with Crippen LogP contribution >= 0.6 is 11.3 Å². The normalized spacial score (nSPS) is 11.2. The molecule has 0 atom stereocenters. The van der Waals surface area contributed by atoms with Crippen LogP contribution in [0.4, 0.5) is 0 Å². The minimum atomic E-state index is -0.862. The Kier molecular flexibility index (Phi) is 5.84. The van der Waals surface area contributed by atoms with E-state index < -0.39 is 5.97 Å². The van der Waals surface area contributed by atoms with E-state index in [1.165, 1.54) is 22.5 Å². The number of carboxylic acid groups (broad SMARTS) is 1. The monoisotopic (exact) mass is 452 g/mol. The summed E-state index contributed by atoms with van der Waals surface area (Å²) >= 11 is 1.36. The Balaban J connectivity index is 1.37. The molecule has 0 aliphatic carbocycles. The Labute approximate surface area is 196 Å². The predicted octanol–water partition coefficient (Wildman–Crippen LogP) is 7.74. The van der Waals surface area contributed by atoms with Gasteiger partial charge in [-0.1, -0.05) is 72.8 Å². The topological polar surface area (TPSA) is 46.5 Å². The van der Waals surface area contributed by atoms with Crippen molar-refractivity contribution in [2.75, 3.05) is 6.61 Å². The van der Waals surface area contributed by atoms with E-state index in [0.717, 1.165) is 44.2 Å². The number of fused-ring (bicyclic) bond motifs is 2. The lowest BCUT2D eigenvalue weighted by molar-refractivity contribution is 0.0701. The minimum Gasteiger partial charge on any atom is -0.493 e. The average molecular weight is 453 g/mol. The van der Waals surface area contributed by atoms with Crippen LogP contribution in [0.25, 0.3) is 32.0 Å². The SMILES string of the molecule is Cc1ccccc1-c1ccc2c(CCCOc3cccc4ccccc34)c(C(=O)O)sc2c1. The molecule has 0 saturated carbocycles. The van der Waals surface area contributed by atoms with Crippen molar-refractivity contribution in [3.05, 3.63) is 101 Å². The molecule has 4 aromatic carbocycles. The number of benzene rings is 4. The van der Waals surface area contributed by atoms with E-state index in [0.29, 0.717) is 17.9 Å². The molecule has 0 unspecified atom stereocenters. The minimum absolute atomic E-state index is 0.428. The van der Waals surface area contributed by atoms with Gasteiger partial charge in [-0.25, -0.2) is 4.79 Å². The predicted molar refractivity (Wildman–Crippen MR) is 137 cm³/mol. The molecule has 0 amide bonds. The van der Waals surface area contributed by atoms with Crippen LogP contribution in [0.5, 0.6) is 5.75 Å². The zero-order valence-electron chi connectivity index (χ0n) is 18.4. The molecular weight excluding hydrogens is 428 g/mol. The van der Waals surface area contributed by atoms with Crippen molar-refractivity contribution < 1.29 is 14.6 Å². The van der Waals surface area contributed by atoms with Crippen LogP contribution in [0.15, 0.2) is 84.9 Å². The second-order valence-electron chi connectivity index (χ2n) is 8.17. The highest BCUT2D eigenvalue weighted by atomic mass is 32.1. The van der Waals surface area contributed by atoms with E-state index in [2.05, 4.69) is 55.5 Å². The van der Waals surface area contributed by atoms with Crippen LogP contribution in [0, 0.1) is 6.92 Å². The molecule has 3 nitrogen and oxygen atoms in total. The van der Waals surface area contributed by atoms with Gasteiger partial charge in [-0.15, -0.1) is 11.3 Å². The molecule has 4 heteroatoms. The second-order valence-corrected chi connectivity index (χ2v) is 9.22. The summed E-state index contributed by atoms with van der Waals surface area (Å²) in [5, 5.41) is 13.1. The maximum atomic E-state index is 12.0. The van der Waals surface area contributed by atoms with Crippen LogP contribution in [0.1, 0.15) is 27.2 Å². The van der Waals surface area contributed by atoms with Gasteiger partial charge in [0.1, 0.15) is 10.6 Å². The fraction of sp³-hybridized carbons (Fsp3) is 0.138. The Bertz CT molecular complexity index is 1460. The van der Waals surface area contributed by atoms with E-state index in [1.807, 2.05) is 36.4 Å². The molecule has 0 aliphatic rings. The van der Waals surface area contributed by atoms with Gasteiger partial charge >= 0.3 is 5.97 Å². The van der Waals surface area contributed by atoms with Crippen molar-refractivity contribution >= 4 is 38.2 Å². The van der Waals surface area contributed by atoms with Crippen molar-refractivity contribution in [2.24, 2.45) is 0 Å². The lowest BCUT2D eigenvalue weighted by Crippen LogP contribution is -2.03. The summed E-state index contributed by atoms with van der Waals surface area (Å²) < 4.78 is 7.09. The molecule has 1 aromatic heterocycles. The van der Waals surface area contributed by atoms with E-state index in [1.54, 1.807) is 0 Å². The largest absolute Gasteiger partial charge is 0.493 e. The summed E-state index contributed by atoms with van der Waals surface area (Å²) in [5.41, 5.74) is 4.40. The molecule has 5 aromatic rings. The van der Waals surface area contributed by atoms with E-state index >= 15 is 0 Å². The molecule has 33 heavy (non-hydrogen) atoms. The number of hydrogen-bond acceptors (Lipinski definition) is 3. The van der Waals surface area contributed by atoms with Crippen LogP contribution in [0.3, 0.4) is 0 Å². The Morgan fingerprint density at radius 3 is 2.55 bits per heavy atom. The Morgan fingerprint density at radius 2 is 1.70 bits per heavy atom. The highest BCUT2D eigenvalue weighted by Crippen LogP contribution is 2.36. The third kappa shape index (κ3) is 4.22. The standard InChI is InChI=1S/C29H24O3S/c1-19-8-2-4-11-22(19)21-15-16-24-25(28(29(30)31)33-27(24)18-21)13-7-17-32-26-14-6-10-20-9-3-5-12-23(20)26/h2-6,8-12,14-16,18H,7,13,17H2,1H3,(H,30,31). The van der Waals surface area contributed by atoms with Gasteiger partial charge in [-0.3, -0.25) is 0 Å². The fourth-order valence-electron chi connectivity index (χ4n) is 4.39. The van der Waals surface area contributed by atoms with Gasteiger partial charge in [0.05, 0.1) is 6.61 Å². The van der Waals surface area contributed by atoms with E-state index in [-0.39, 0.29) is 0 Å². The fourth-order valence-corrected chi connectivity index (χ4v) is 5.52. The van der Waals surface area contributed by atoms with Crippen molar-refractivity contribution in [1.29, 1.82) is 0 Å². The maximum Gasteiger partial charge on any atom is 0.346 e. The maximum absolute atomic E-state index is 12.0. The van der Waals surface area contributed by atoms with Crippen molar-refractivity contribution in [1.82, 2.24) is 0 Å². The molecule has 0 spiro atoms. The lowest BCUT2D eigenvalue weighted by Gasteiger charge is -2.10. The van der Waals surface area contributed by atoms with Crippen molar-refractivity contribution in [3.8, 4) is 16.9 Å². The highest BCUT2D eigenvalue weighted by Gasteiger charge is 2.18. The van der Waals surface area contributed by atoms with Crippen LogP contribution in [0.2, 0.25) is 0 Å². The number of rotatable bonds is 7. The van der Waals surface area contributed by atoms with Crippen molar-refractivity contribution in [2.45, 2.75) is 19.8 Å². The third-order valence-electron chi connectivity index (χ3n) is 6.02. The number of aryl methyl sites for hydroxylation is 2. The summed E-state index contributed by atoms with van der Waals surface area (Å²) in [6.45, 7) is 2.63. The van der Waals surface area contributed by atoms with Gasteiger partial charge in [-0.05, 0) is 64.9 Å². The Morgan fingerprint density at radius 1 is 0.909 bits per heavy atom. The molecule has 0 aliphatic heterocycles. The quantitative estimate of drug-likeness (QED) is 0.257. The molecule has 1 heterocycles. The smallest absolute Gasteiger partial charge is 0.346 e. The first-order valence-corrected chi connectivity index (χ1v) is 11.9. The van der Waals surface area contributed by atoms with Crippen LogP contribution in [-0.2, 0) is 6.42 Å². The number of carboxylic acids is 1. The van der Waals surface area contributed by atoms with Gasteiger partial charge in [-0.2, -0.15) is 0 Å². The number of carbonyl (C=O) groups is 1. The summed E-state index contributed by atoms with van der Waals surface area (Å²) in [5.74, 6) is 0.00298.